The summed E-state index contributed by atoms with van der Waals surface area (Å²) in [6.07, 6.45) is 0.0910. The molecule has 3 nitrogen and oxygen atoms in total. The maximum Gasteiger partial charge on any atom is 0.159 e. The van der Waals surface area contributed by atoms with Crippen LogP contribution in [0.15, 0.2) is 23.4 Å². The molecule has 13 heavy (non-hydrogen) atoms. The van der Waals surface area contributed by atoms with Crippen molar-refractivity contribution < 1.29 is 14.0 Å². The first-order chi connectivity index (χ1) is 6.13. The summed E-state index contributed by atoms with van der Waals surface area (Å²) < 4.78 is 25.0. The molecular weight excluding hydrogens is 178 g/mol. The van der Waals surface area contributed by atoms with Crippen LogP contribution in [0.4, 0.5) is 8.78 Å². The van der Waals surface area contributed by atoms with Crippen molar-refractivity contribution in [2.45, 2.75) is 6.42 Å². The number of hydrogen-bond acceptors (Lipinski definition) is 2. The number of rotatable bonds is 2. The minimum Gasteiger partial charge on any atom is -0.409 e. The number of hydrogen-bond donors (Lipinski definition) is 2. The number of nitrogens with zero attached hydrogens (tertiary/aromatic N) is 1. The van der Waals surface area contributed by atoms with Crippen molar-refractivity contribution in [1.82, 2.24) is 0 Å². The van der Waals surface area contributed by atoms with Gasteiger partial charge in [-0.25, -0.2) is 8.78 Å². The molecule has 0 radical (unpaired) electrons. The van der Waals surface area contributed by atoms with Crippen LogP contribution in [0.25, 0.3) is 0 Å². The van der Waals surface area contributed by atoms with Gasteiger partial charge in [-0.1, -0.05) is 11.2 Å². The van der Waals surface area contributed by atoms with Gasteiger partial charge in [-0.3, -0.25) is 0 Å². The highest BCUT2D eigenvalue weighted by atomic mass is 19.2. The molecule has 3 N–H and O–H groups in total. The summed E-state index contributed by atoms with van der Waals surface area (Å²) in [4.78, 5) is 0. The minimum atomic E-state index is -0.941. The van der Waals surface area contributed by atoms with Gasteiger partial charge < -0.3 is 10.9 Å². The third-order valence-electron chi connectivity index (χ3n) is 1.50. The lowest BCUT2D eigenvalue weighted by Gasteiger charge is -1.99. The smallest absolute Gasteiger partial charge is 0.159 e. The predicted octanol–water partition coefficient (Wildman–Crippen LogP) is 1.25. The fourth-order valence-corrected chi connectivity index (χ4v) is 0.894. The molecule has 1 aromatic rings. The van der Waals surface area contributed by atoms with Gasteiger partial charge in [-0.05, 0) is 17.7 Å². The Morgan fingerprint density at radius 1 is 1.38 bits per heavy atom. The Bertz CT molecular complexity index is 339. The number of nitrogens with two attached hydrogens (primary N) is 1. The Morgan fingerprint density at radius 2 is 2.08 bits per heavy atom. The van der Waals surface area contributed by atoms with E-state index in [1.54, 1.807) is 0 Å². The zero-order chi connectivity index (χ0) is 9.84. The summed E-state index contributed by atoms with van der Waals surface area (Å²) in [7, 11) is 0. The van der Waals surface area contributed by atoms with E-state index in [0.717, 1.165) is 12.1 Å². The molecule has 70 valence electrons. The van der Waals surface area contributed by atoms with Crippen LogP contribution in [0, 0.1) is 11.6 Å². The third kappa shape index (κ3) is 2.40. The lowest BCUT2D eigenvalue weighted by atomic mass is 10.1. The SMILES string of the molecule is N/C(Cc1ccc(F)c(F)c1)=N\O. The Morgan fingerprint density at radius 3 is 2.62 bits per heavy atom. The second kappa shape index (κ2) is 3.84. The average molecular weight is 186 g/mol. The lowest BCUT2D eigenvalue weighted by Crippen LogP contribution is -2.14. The number of amidine groups is 1. The first kappa shape index (κ1) is 9.44. The fraction of sp³-hybridized carbons (Fsp3) is 0.125. The van der Waals surface area contributed by atoms with Crippen LogP contribution in [0.5, 0.6) is 0 Å². The predicted molar refractivity (Wildman–Crippen MR) is 43.5 cm³/mol. The van der Waals surface area contributed by atoms with E-state index in [1.807, 2.05) is 0 Å². The molecule has 0 aliphatic rings. The second-order valence-electron chi connectivity index (χ2n) is 2.52. The van der Waals surface area contributed by atoms with Gasteiger partial charge in [0.05, 0.1) is 0 Å². The summed E-state index contributed by atoms with van der Waals surface area (Å²) in [5.41, 5.74) is 5.63. The Hall–Kier alpha value is -1.65. The van der Waals surface area contributed by atoms with Crippen molar-refractivity contribution in [2.24, 2.45) is 10.9 Å². The highest BCUT2D eigenvalue weighted by molar-refractivity contribution is 5.81. The monoisotopic (exact) mass is 186 g/mol. The van der Waals surface area contributed by atoms with Gasteiger partial charge in [0.25, 0.3) is 0 Å². The minimum absolute atomic E-state index is 0.0500. The van der Waals surface area contributed by atoms with E-state index in [2.05, 4.69) is 5.16 Å². The van der Waals surface area contributed by atoms with Crippen molar-refractivity contribution in [2.75, 3.05) is 0 Å². The van der Waals surface area contributed by atoms with E-state index in [-0.39, 0.29) is 12.3 Å². The van der Waals surface area contributed by atoms with Gasteiger partial charge >= 0.3 is 0 Å². The molecule has 1 rings (SSSR count). The fourth-order valence-electron chi connectivity index (χ4n) is 0.894. The molecule has 0 heterocycles. The van der Waals surface area contributed by atoms with Gasteiger partial charge in [-0.2, -0.15) is 0 Å². The van der Waals surface area contributed by atoms with E-state index in [0.29, 0.717) is 5.56 Å². The van der Waals surface area contributed by atoms with Crippen molar-refractivity contribution in [1.29, 1.82) is 0 Å². The van der Waals surface area contributed by atoms with E-state index in [1.165, 1.54) is 6.07 Å². The van der Waals surface area contributed by atoms with Crippen molar-refractivity contribution in [3.8, 4) is 0 Å². The van der Waals surface area contributed by atoms with Crippen LogP contribution in [-0.4, -0.2) is 11.0 Å². The van der Waals surface area contributed by atoms with Crippen LogP contribution in [0.3, 0.4) is 0 Å². The van der Waals surface area contributed by atoms with Gasteiger partial charge in [-0.15, -0.1) is 0 Å². The third-order valence-corrected chi connectivity index (χ3v) is 1.50. The normalized spacial score (nSPS) is 11.7. The molecular formula is C8H8F2N2O. The maximum atomic E-state index is 12.6. The molecule has 5 heteroatoms. The van der Waals surface area contributed by atoms with Gasteiger partial charge in [0, 0.05) is 6.42 Å². The largest absolute Gasteiger partial charge is 0.409 e. The lowest BCUT2D eigenvalue weighted by molar-refractivity contribution is 0.317. The van der Waals surface area contributed by atoms with Crippen LogP contribution < -0.4 is 5.73 Å². The first-order valence-electron chi connectivity index (χ1n) is 3.54. The Balaban J connectivity index is 2.86. The Labute approximate surface area is 73.5 Å². The van der Waals surface area contributed by atoms with Gasteiger partial charge in [0.15, 0.2) is 11.6 Å². The molecule has 0 saturated heterocycles. The quantitative estimate of drug-likeness (QED) is 0.316. The molecule has 0 aromatic heterocycles. The average Bonchev–Trinajstić information content (AvgIpc) is 2.11. The molecule has 1 aromatic carbocycles. The summed E-state index contributed by atoms with van der Waals surface area (Å²) >= 11 is 0. The molecule has 0 aliphatic heterocycles. The van der Waals surface area contributed by atoms with E-state index >= 15 is 0 Å². The highest BCUT2D eigenvalue weighted by Gasteiger charge is 2.03. The zero-order valence-electron chi connectivity index (χ0n) is 6.67. The topological polar surface area (TPSA) is 58.6 Å². The highest BCUT2D eigenvalue weighted by Crippen LogP contribution is 2.08. The van der Waals surface area contributed by atoms with Crippen molar-refractivity contribution in [3.63, 3.8) is 0 Å². The van der Waals surface area contributed by atoms with E-state index in [4.69, 9.17) is 10.9 Å². The molecule has 0 unspecified atom stereocenters. The molecule has 0 bridgehead atoms. The first-order valence-corrected chi connectivity index (χ1v) is 3.54. The summed E-state index contributed by atoms with van der Waals surface area (Å²) in [5, 5.41) is 10.9. The molecule has 0 spiro atoms. The molecule has 0 fully saturated rings. The van der Waals surface area contributed by atoms with Gasteiger partial charge in [0.1, 0.15) is 5.84 Å². The maximum absolute atomic E-state index is 12.6. The zero-order valence-corrected chi connectivity index (χ0v) is 6.67. The van der Waals surface area contributed by atoms with Crippen molar-refractivity contribution >= 4 is 5.84 Å². The molecule has 0 amide bonds. The van der Waals surface area contributed by atoms with E-state index < -0.39 is 11.6 Å². The standard InChI is InChI=1S/C8H8F2N2O/c9-6-2-1-5(3-7(6)10)4-8(11)12-13/h1-3,13H,4H2,(H2,11,12). The Kier molecular flexibility index (Phi) is 2.79. The molecule has 0 saturated carbocycles. The van der Waals surface area contributed by atoms with Gasteiger partial charge in [0.2, 0.25) is 0 Å². The van der Waals surface area contributed by atoms with Crippen LogP contribution in [0.1, 0.15) is 5.56 Å². The number of halogens is 2. The molecule has 0 aliphatic carbocycles. The summed E-state index contributed by atoms with van der Waals surface area (Å²) in [6.45, 7) is 0. The van der Waals surface area contributed by atoms with Crippen molar-refractivity contribution in [3.05, 3.63) is 35.4 Å². The summed E-state index contributed by atoms with van der Waals surface area (Å²) in [6, 6.07) is 3.37. The molecule has 0 atom stereocenters. The van der Waals surface area contributed by atoms with E-state index in [9.17, 15) is 8.78 Å². The number of benzene rings is 1. The van der Waals surface area contributed by atoms with Crippen LogP contribution in [-0.2, 0) is 6.42 Å². The van der Waals surface area contributed by atoms with Crippen LogP contribution in [0.2, 0.25) is 0 Å². The number of oxime groups is 1. The summed E-state index contributed by atoms with van der Waals surface area (Å²) in [5.74, 6) is -1.91. The second-order valence-corrected chi connectivity index (χ2v) is 2.52. The van der Waals surface area contributed by atoms with Crippen LogP contribution >= 0.6 is 0 Å².